The number of carbonyl (C=O) groups is 2. The summed E-state index contributed by atoms with van der Waals surface area (Å²) in [4.78, 5) is 33.7. The highest BCUT2D eigenvalue weighted by Gasteiger charge is 2.26. The molecular weight excluding hydrogens is 393 g/mol. The Kier molecular flexibility index (Phi) is 5.80. The van der Waals surface area contributed by atoms with Crippen molar-refractivity contribution in [2.75, 3.05) is 26.2 Å². The van der Waals surface area contributed by atoms with E-state index in [1.165, 1.54) is 6.07 Å². The molecule has 6 heteroatoms. The molecule has 1 saturated heterocycles. The molecule has 0 atom stereocenters. The topological polar surface area (TPSA) is 53.5 Å². The summed E-state index contributed by atoms with van der Waals surface area (Å²) >= 11 is 0. The van der Waals surface area contributed by atoms with Gasteiger partial charge in [0.1, 0.15) is 5.82 Å². The molecule has 0 spiro atoms. The number of benzene rings is 2. The van der Waals surface area contributed by atoms with Crippen LogP contribution in [0.5, 0.6) is 0 Å². The van der Waals surface area contributed by atoms with Crippen LogP contribution in [0.15, 0.2) is 60.7 Å². The van der Waals surface area contributed by atoms with E-state index in [4.69, 9.17) is 0 Å². The Labute approximate surface area is 181 Å². The molecule has 0 radical (unpaired) electrons. The van der Waals surface area contributed by atoms with Gasteiger partial charge in [-0.1, -0.05) is 36.4 Å². The molecule has 0 saturated carbocycles. The van der Waals surface area contributed by atoms with Crippen molar-refractivity contribution in [3.8, 4) is 11.3 Å². The van der Waals surface area contributed by atoms with Gasteiger partial charge in [0.2, 0.25) is 0 Å². The van der Waals surface area contributed by atoms with Crippen molar-refractivity contribution in [1.29, 1.82) is 0 Å². The molecule has 158 valence electrons. The molecule has 2 heterocycles. The Bertz CT molecular complexity index is 1120. The van der Waals surface area contributed by atoms with Crippen LogP contribution in [0.25, 0.3) is 11.3 Å². The molecule has 2 aromatic carbocycles. The van der Waals surface area contributed by atoms with Gasteiger partial charge in [-0.3, -0.25) is 14.6 Å². The fraction of sp³-hybridized carbons (Fsp3) is 0.240. The average Bonchev–Trinajstić information content (AvgIpc) is 2.80. The number of pyridine rings is 1. The SMILES string of the molecule is Cc1ccc(C(=O)N2CCN(C(=O)c3ccc(-c4ccccc4)nc3C)CC2)cc1F. The molecule has 1 fully saturated rings. The third-order valence-corrected chi connectivity index (χ3v) is 5.66. The lowest BCUT2D eigenvalue weighted by molar-refractivity contribution is 0.0534. The van der Waals surface area contributed by atoms with Gasteiger partial charge in [-0.05, 0) is 43.7 Å². The number of rotatable bonds is 3. The van der Waals surface area contributed by atoms with E-state index in [1.54, 1.807) is 28.9 Å². The largest absolute Gasteiger partial charge is 0.335 e. The van der Waals surface area contributed by atoms with Gasteiger partial charge in [0.25, 0.3) is 11.8 Å². The minimum atomic E-state index is -0.387. The second-order valence-electron chi connectivity index (χ2n) is 7.74. The Morgan fingerprint density at radius 1 is 0.839 bits per heavy atom. The van der Waals surface area contributed by atoms with E-state index >= 15 is 0 Å². The fourth-order valence-corrected chi connectivity index (χ4v) is 3.75. The van der Waals surface area contributed by atoms with Crippen molar-refractivity contribution in [3.63, 3.8) is 0 Å². The van der Waals surface area contributed by atoms with Crippen LogP contribution in [0.1, 0.15) is 32.0 Å². The van der Waals surface area contributed by atoms with Gasteiger partial charge in [0.05, 0.1) is 17.0 Å². The van der Waals surface area contributed by atoms with Gasteiger partial charge in [-0.25, -0.2) is 4.39 Å². The molecule has 1 aliphatic heterocycles. The molecule has 0 bridgehead atoms. The zero-order chi connectivity index (χ0) is 22.0. The fourth-order valence-electron chi connectivity index (χ4n) is 3.75. The number of carbonyl (C=O) groups excluding carboxylic acids is 2. The van der Waals surface area contributed by atoms with E-state index < -0.39 is 0 Å². The van der Waals surface area contributed by atoms with Gasteiger partial charge < -0.3 is 9.80 Å². The number of hydrogen-bond acceptors (Lipinski definition) is 3. The molecule has 0 unspecified atom stereocenters. The average molecular weight is 417 g/mol. The summed E-state index contributed by atoms with van der Waals surface area (Å²) in [6, 6.07) is 18.0. The molecule has 31 heavy (non-hydrogen) atoms. The minimum absolute atomic E-state index is 0.0851. The molecule has 5 nitrogen and oxygen atoms in total. The van der Waals surface area contributed by atoms with Crippen LogP contribution in [0, 0.1) is 19.7 Å². The molecule has 4 rings (SSSR count). The predicted molar refractivity (Wildman–Crippen MR) is 117 cm³/mol. The molecule has 3 aromatic rings. The molecule has 2 amide bonds. The van der Waals surface area contributed by atoms with E-state index in [2.05, 4.69) is 4.98 Å². The van der Waals surface area contributed by atoms with E-state index in [-0.39, 0.29) is 17.6 Å². The number of amides is 2. The summed E-state index contributed by atoms with van der Waals surface area (Å²) in [5.74, 6) is -0.685. The third kappa shape index (κ3) is 4.33. The van der Waals surface area contributed by atoms with Crippen LogP contribution >= 0.6 is 0 Å². The van der Waals surface area contributed by atoms with Crippen molar-refractivity contribution in [3.05, 3.63) is 88.9 Å². The standard InChI is InChI=1S/C25H24FN3O2/c1-17-8-9-20(16-22(17)26)24(30)28-12-14-29(15-13-28)25(31)21-10-11-23(27-18(21)2)19-6-4-3-5-7-19/h3-11,16H,12-15H2,1-2H3. The van der Waals surface area contributed by atoms with Crippen LogP contribution in [-0.2, 0) is 0 Å². The molecule has 0 aliphatic carbocycles. The molecular formula is C25H24FN3O2. The predicted octanol–water partition coefficient (Wildman–Crippen LogP) is 4.10. The van der Waals surface area contributed by atoms with Gasteiger partial charge in [0, 0.05) is 37.3 Å². The quantitative estimate of drug-likeness (QED) is 0.645. The number of aryl methyl sites for hydroxylation is 2. The van der Waals surface area contributed by atoms with Crippen LogP contribution in [0.2, 0.25) is 0 Å². The van der Waals surface area contributed by atoms with E-state index in [1.807, 2.05) is 49.4 Å². The van der Waals surface area contributed by atoms with E-state index in [9.17, 15) is 14.0 Å². The lowest BCUT2D eigenvalue weighted by Crippen LogP contribution is -2.50. The molecule has 0 N–H and O–H groups in total. The maximum absolute atomic E-state index is 13.8. The summed E-state index contributed by atoms with van der Waals surface area (Å²) in [6.07, 6.45) is 0. The highest BCUT2D eigenvalue weighted by molar-refractivity contribution is 5.96. The molecule has 1 aliphatic rings. The number of nitrogens with zero attached hydrogens (tertiary/aromatic N) is 3. The van der Waals surface area contributed by atoms with Gasteiger partial charge in [0.15, 0.2) is 0 Å². The summed E-state index contributed by atoms with van der Waals surface area (Å²) < 4.78 is 13.8. The number of aromatic nitrogens is 1. The Morgan fingerprint density at radius 2 is 1.48 bits per heavy atom. The lowest BCUT2D eigenvalue weighted by Gasteiger charge is -2.35. The van der Waals surface area contributed by atoms with E-state index in [0.29, 0.717) is 48.6 Å². The van der Waals surface area contributed by atoms with Crippen molar-refractivity contribution in [2.45, 2.75) is 13.8 Å². The van der Waals surface area contributed by atoms with Crippen LogP contribution in [0.3, 0.4) is 0 Å². The Hall–Kier alpha value is -3.54. The van der Waals surface area contributed by atoms with Gasteiger partial charge in [-0.2, -0.15) is 0 Å². The summed E-state index contributed by atoms with van der Waals surface area (Å²) in [5.41, 5.74) is 3.92. The van der Waals surface area contributed by atoms with Crippen molar-refractivity contribution >= 4 is 11.8 Å². The zero-order valence-corrected chi connectivity index (χ0v) is 17.6. The van der Waals surface area contributed by atoms with Crippen LogP contribution in [0.4, 0.5) is 4.39 Å². The van der Waals surface area contributed by atoms with Crippen molar-refractivity contribution in [2.24, 2.45) is 0 Å². The second-order valence-corrected chi connectivity index (χ2v) is 7.74. The summed E-state index contributed by atoms with van der Waals surface area (Å²) in [7, 11) is 0. The lowest BCUT2D eigenvalue weighted by atomic mass is 10.1. The monoisotopic (exact) mass is 417 g/mol. The smallest absolute Gasteiger partial charge is 0.255 e. The minimum Gasteiger partial charge on any atom is -0.335 e. The Morgan fingerprint density at radius 3 is 2.10 bits per heavy atom. The van der Waals surface area contributed by atoms with Crippen molar-refractivity contribution < 1.29 is 14.0 Å². The highest BCUT2D eigenvalue weighted by Crippen LogP contribution is 2.20. The summed E-state index contributed by atoms with van der Waals surface area (Å²) in [6.45, 7) is 5.18. The first-order chi connectivity index (χ1) is 14.9. The maximum atomic E-state index is 13.8. The number of piperazine rings is 1. The van der Waals surface area contributed by atoms with E-state index in [0.717, 1.165) is 11.3 Å². The van der Waals surface area contributed by atoms with Crippen LogP contribution < -0.4 is 0 Å². The zero-order valence-electron chi connectivity index (χ0n) is 17.6. The first-order valence-electron chi connectivity index (χ1n) is 10.3. The Balaban J connectivity index is 1.42. The van der Waals surface area contributed by atoms with Crippen molar-refractivity contribution in [1.82, 2.24) is 14.8 Å². The first-order valence-corrected chi connectivity index (χ1v) is 10.3. The number of hydrogen-bond donors (Lipinski definition) is 0. The van der Waals surface area contributed by atoms with Gasteiger partial charge >= 0.3 is 0 Å². The second kappa shape index (κ2) is 8.68. The summed E-state index contributed by atoms with van der Waals surface area (Å²) in [5, 5.41) is 0. The van der Waals surface area contributed by atoms with Crippen LogP contribution in [-0.4, -0.2) is 52.8 Å². The number of halogens is 1. The highest BCUT2D eigenvalue weighted by atomic mass is 19.1. The van der Waals surface area contributed by atoms with Gasteiger partial charge in [-0.15, -0.1) is 0 Å². The maximum Gasteiger partial charge on any atom is 0.255 e. The molecule has 1 aromatic heterocycles. The first kappa shape index (κ1) is 20.7. The normalized spacial score (nSPS) is 13.9. The third-order valence-electron chi connectivity index (χ3n) is 5.66.